The zero-order valence-corrected chi connectivity index (χ0v) is 13.3. The minimum absolute atomic E-state index is 0.0613. The van der Waals surface area contributed by atoms with Gasteiger partial charge in [-0.15, -0.1) is 11.3 Å². The molecule has 4 rings (SSSR count). The first kappa shape index (κ1) is 14.0. The van der Waals surface area contributed by atoms with Gasteiger partial charge in [-0.3, -0.25) is 14.8 Å². The highest BCUT2D eigenvalue weighted by Crippen LogP contribution is 2.33. The highest BCUT2D eigenvalue weighted by molar-refractivity contribution is 7.13. The van der Waals surface area contributed by atoms with Crippen molar-refractivity contribution >= 4 is 22.9 Å². The monoisotopic (exact) mass is 322 g/mol. The van der Waals surface area contributed by atoms with Crippen LogP contribution < -0.4 is 4.90 Å². The molecule has 1 aliphatic heterocycles. The van der Waals surface area contributed by atoms with Crippen molar-refractivity contribution in [3.8, 4) is 10.7 Å². The summed E-state index contributed by atoms with van der Waals surface area (Å²) in [7, 11) is 0. The fourth-order valence-electron chi connectivity index (χ4n) is 2.90. The average molecular weight is 322 g/mol. The topological polar surface area (TPSA) is 59.0 Å². The summed E-state index contributed by atoms with van der Waals surface area (Å²) in [6, 6.07) is 8.18. The number of aromatic nitrogens is 3. The Morgan fingerprint density at radius 1 is 1.30 bits per heavy atom. The number of para-hydroxylation sites is 1. The van der Waals surface area contributed by atoms with E-state index in [0.29, 0.717) is 16.4 Å². The Morgan fingerprint density at radius 2 is 2.17 bits per heavy atom. The maximum atomic E-state index is 12.9. The van der Waals surface area contributed by atoms with Crippen LogP contribution in [0.15, 0.2) is 48.2 Å². The van der Waals surface area contributed by atoms with E-state index in [4.69, 9.17) is 0 Å². The molecule has 0 fully saturated rings. The van der Waals surface area contributed by atoms with Crippen LogP contribution in [0.2, 0.25) is 0 Å². The Hall–Kier alpha value is -2.60. The number of nitrogens with zero attached hydrogens (tertiary/aromatic N) is 4. The molecular formula is C17H14N4OS. The third kappa shape index (κ3) is 2.41. The van der Waals surface area contributed by atoms with Crippen molar-refractivity contribution in [3.05, 3.63) is 59.5 Å². The second-order valence-electron chi connectivity index (χ2n) is 5.49. The van der Waals surface area contributed by atoms with Crippen molar-refractivity contribution < 1.29 is 4.79 Å². The predicted octanol–water partition coefficient (Wildman–Crippen LogP) is 3.19. The number of rotatable bonds is 2. The van der Waals surface area contributed by atoms with Gasteiger partial charge < -0.3 is 4.90 Å². The highest BCUT2D eigenvalue weighted by Gasteiger charge is 2.32. The summed E-state index contributed by atoms with van der Waals surface area (Å²) in [4.78, 5) is 27.5. The zero-order chi connectivity index (χ0) is 15.8. The van der Waals surface area contributed by atoms with Crippen LogP contribution in [0.4, 0.5) is 5.69 Å². The van der Waals surface area contributed by atoms with Crippen LogP contribution in [0.1, 0.15) is 23.0 Å². The number of hydrogen-bond acceptors (Lipinski definition) is 5. The average Bonchev–Trinajstić information content (AvgIpc) is 3.19. The largest absolute Gasteiger partial charge is 0.304 e. The standard InChI is InChI=1S/C17H14N4OS/c1-11-8-12-4-2-3-5-15(12)21(11)17(22)14-10-23-16(20-14)13-9-18-6-7-19-13/h2-7,9-11H,8H2,1H3. The molecule has 0 saturated carbocycles. The van der Waals surface area contributed by atoms with Gasteiger partial charge in [0, 0.05) is 29.5 Å². The van der Waals surface area contributed by atoms with Crippen LogP contribution in [0.3, 0.4) is 0 Å². The molecule has 5 nitrogen and oxygen atoms in total. The van der Waals surface area contributed by atoms with Gasteiger partial charge in [-0.2, -0.15) is 0 Å². The van der Waals surface area contributed by atoms with Gasteiger partial charge in [-0.1, -0.05) is 18.2 Å². The van der Waals surface area contributed by atoms with Crippen molar-refractivity contribution in [2.45, 2.75) is 19.4 Å². The molecule has 1 aliphatic rings. The minimum Gasteiger partial charge on any atom is -0.304 e. The molecule has 0 N–H and O–H groups in total. The number of benzene rings is 1. The summed E-state index contributed by atoms with van der Waals surface area (Å²) in [6.07, 6.45) is 5.77. The van der Waals surface area contributed by atoms with Crippen LogP contribution >= 0.6 is 11.3 Å². The van der Waals surface area contributed by atoms with Crippen molar-refractivity contribution in [2.24, 2.45) is 0 Å². The van der Waals surface area contributed by atoms with Crippen molar-refractivity contribution in [1.29, 1.82) is 0 Å². The molecule has 0 saturated heterocycles. The summed E-state index contributed by atoms with van der Waals surface area (Å²) in [6.45, 7) is 2.06. The molecule has 0 radical (unpaired) electrons. The molecule has 3 heterocycles. The highest BCUT2D eigenvalue weighted by atomic mass is 32.1. The fourth-order valence-corrected chi connectivity index (χ4v) is 3.65. The Kier molecular flexibility index (Phi) is 3.38. The molecule has 114 valence electrons. The van der Waals surface area contributed by atoms with Crippen LogP contribution in [-0.2, 0) is 6.42 Å². The van der Waals surface area contributed by atoms with Crippen LogP contribution in [-0.4, -0.2) is 26.9 Å². The van der Waals surface area contributed by atoms with E-state index in [1.807, 2.05) is 23.1 Å². The van der Waals surface area contributed by atoms with Gasteiger partial charge in [0.15, 0.2) is 0 Å². The lowest BCUT2D eigenvalue weighted by Gasteiger charge is -2.21. The molecule has 23 heavy (non-hydrogen) atoms. The molecule has 2 aromatic heterocycles. The van der Waals surface area contributed by atoms with E-state index in [2.05, 4.69) is 27.9 Å². The van der Waals surface area contributed by atoms with Crippen molar-refractivity contribution in [3.63, 3.8) is 0 Å². The number of carbonyl (C=O) groups is 1. The lowest BCUT2D eigenvalue weighted by Crippen LogP contribution is -2.35. The predicted molar refractivity (Wildman–Crippen MR) is 89.6 cm³/mol. The number of anilines is 1. The first-order chi connectivity index (χ1) is 11.2. The van der Waals surface area contributed by atoms with Gasteiger partial charge in [0.05, 0.1) is 6.20 Å². The zero-order valence-electron chi connectivity index (χ0n) is 12.5. The van der Waals surface area contributed by atoms with E-state index in [9.17, 15) is 4.79 Å². The van der Waals surface area contributed by atoms with Gasteiger partial charge in [0.25, 0.3) is 5.91 Å². The van der Waals surface area contributed by atoms with Crippen LogP contribution in [0.5, 0.6) is 0 Å². The van der Waals surface area contributed by atoms with E-state index in [-0.39, 0.29) is 11.9 Å². The van der Waals surface area contributed by atoms with Gasteiger partial charge in [0.2, 0.25) is 0 Å². The van der Waals surface area contributed by atoms with E-state index < -0.39 is 0 Å². The summed E-state index contributed by atoms with van der Waals surface area (Å²) in [5.41, 5.74) is 3.34. The Balaban J connectivity index is 1.67. The number of thiazole rings is 1. The number of amides is 1. The molecule has 1 unspecified atom stereocenters. The summed E-state index contributed by atoms with van der Waals surface area (Å²) in [5.74, 6) is -0.0613. The fraction of sp³-hybridized carbons (Fsp3) is 0.176. The Bertz CT molecular complexity index is 862. The lowest BCUT2D eigenvalue weighted by atomic mass is 10.1. The third-order valence-electron chi connectivity index (χ3n) is 3.93. The van der Waals surface area contributed by atoms with E-state index in [0.717, 1.165) is 12.1 Å². The van der Waals surface area contributed by atoms with Crippen LogP contribution in [0, 0.1) is 0 Å². The minimum atomic E-state index is -0.0613. The normalized spacial score (nSPS) is 16.4. The smallest absolute Gasteiger partial charge is 0.278 e. The maximum Gasteiger partial charge on any atom is 0.278 e. The second-order valence-corrected chi connectivity index (χ2v) is 6.34. The molecule has 1 aromatic carbocycles. The number of fused-ring (bicyclic) bond motifs is 1. The van der Waals surface area contributed by atoms with Crippen LogP contribution in [0.25, 0.3) is 10.7 Å². The summed E-state index contributed by atoms with van der Waals surface area (Å²) < 4.78 is 0. The molecule has 1 amide bonds. The van der Waals surface area contributed by atoms with E-state index in [1.165, 1.54) is 16.9 Å². The quantitative estimate of drug-likeness (QED) is 0.727. The Labute approximate surface area is 137 Å². The lowest BCUT2D eigenvalue weighted by molar-refractivity contribution is 0.0977. The molecule has 0 aliphatic carbocycles. The van der Waals surface area contributed by atoms with Gasteiger partial charge >= 0.3 is 0 Å². The Morgan fingerprint density at radius 3 is 3.00 bits per heavy atom. The molecule has 0 spiro atoms. The number of hydrogen-bond donors (Lipinski definition) is 0. The third-order valence-corrected chi connectivity index (χ3v) is 4.80. The molecular weight excluding hydrogens is 308 g/mol. The first-order valence-electron chi connectivity index (χ1n) is 7.37. The summed E-state index contributed by atoms with van der Waals surface area (Å²) in [5, 5.41) is 2.50. The first-order valence-corrected chi connectivity index (χ1v) is 8.25. The SMILES string of the molecule is CC1Cc2ccccc2N1C(=O)c1csc(-c2cnccn2)n1. The number of carbonyl (C=O) groups excluding carboxylic acids is 1. The molecule has 3 aromatic rings. The van der Waals surface area contributed by atoms with E-state index in [1.54, 1.807) is 24.0 Å². The maximum absolute atomic E-state index is 12.9. The van der Waals surface area contributed by atoms with E-state index >= 15 is 0 Å². The van der Waals surface area contributed by atoms with Crippen molar-refractivity contribution in [2.75, 3.05) is 4.90 Å². The van der Waals surface area contributed by atoms with Crippen molar-refractivity contribution in [1.82, 2.24) is 15.0 Å². The molecule has 1 atom stereocenters. The molecule has 6 heteroatoms. The summed E-state index contributed by atoms with van der Waals surface area (Å²) >= 11 is 1.41. The molecule has 0 bridgehead atoms. The van der Waals surface area contributed by atoms with Gasteiger partial charge in [-0.25, -0.2) is 4.98 Å². The van der Waals surface area contributed by atoms with Gasteiger partial charge in [-0.05, 0) is 25.0 Å². The second kappa shape index (κ2) is 5.55. The van der Waals surface area contributed by atoms with Gasteiger partial charge in [0.1, 0.15) is 16.4 Å².